The second-order valence-corrected chi connectivity index (χ2v) is 8.49. The van der Waals surface area contributed by atoms with Crippen LogP contribution in [0.15, 0.2) is 18.3 Å². The molecule has 0 saturated heterocycles. The average molecular weight is 445 g/mol. The molecule has 6 heteroatoms. The Morgan fingerprint density at radius 3 is 2.57 bits per heavy atom. The molecule has 0 saturated carbocycles. The summed E-state index contributed by atoms with van der Waals surface area (Å²) in [5.74, 6) is 0.342. The van der Waals surface area contributed by atoms with Crippen LogP contribution in [0.5, 0.6) is 5.75 Å². The van der Waals surface area contributed by atoms with Gasteiger partial charge in [0, 0.05) is 24.6 Å². The third-order valence-corrected chi connectivity index (χ3v) is 4.50. The van der Waals surface area contributed by atoms with Gasteiger partial charge in [-0.25, -0.2) is 0 Å². The zero-order chi connectivity index (χ0) is 17.1. The largest absolute Gasteiger partial charge is 0.493 e. The van der Waals surface area contributed by atoms with E-state index in [1.54, 1.807) is 16.8 Å². The number of benzene rings is 1. The number of hydrogen-bond acceptors (Lipinski definition) is 3. The number of aromatic nitrogens is 1. The molecule has 124 valence electrons. The summed E-state index contributed by atoms with van der Waals surface area (Å²) in [6.45, 7) is 6.06. The molecule has 0 unspecified atom stereocenters. The fourth-order valence-electron chi connectivity index (χ4n) is 2.43. The van der Waals surface area contributed by atoms with E-state index < -0.39 is 3.74 Å². The first-order valence-electron chi connectivity index (χ1n) is 7.48. The zero-order valence-electron chi connectivity index (χ0n) is 13.4. The highest BCUT2D eigenvalue weighted by molar-refractivity contribution is 9.25. The Kier molecular flexibility index (Phi) is 6.03. The number of unbranched alkanes of at least 4 members (excludes halogenated alkanes) is 1. The Balaban J connectivity index is 2.61. The number of halogens is 2. The second kappa shape index (κ2) is 7.62. The summed E-state index contributed by atoms with van der Waals surface area (Å²) in [6.07, 6.45) is 3.70. The van der Waals surface area contributed by atoms with Crippen LogP contribution in [0.2, 0.25) is 0 Å². The number of ketones is 1. The van der Waals surface area contributed by atoms with Gasteiger partial charge in [0.2, 0.25) is 5.91 Å². The van der Waals surface area contributed by atoms with Gasteiger partial charge in [0.1, 0.15) is 9.49 Å². The maximum absolute atomic E-state index is 12.4. The fraction of sp³-hybridized carbons (Fsp3) is 0.412. The Bertz CT molecular complexity index is 750. The van der Waals surface area contributed by atoms with E-state index in [-0.39, 0.29) is 11.7 Å². The number of nitrogens with zero attached hydrogens (tertiary/aromatic N) is 1. The van der Waals surface area contributed by atoms with E-state index >= 15 is 0 Å². The lowest BCUT2D eigenvalue weighted by atomic mass is 10.1. The van der Waals surface area contributed by atoms with E-state index in [4.69, 9.17) is 4.74 Å². The summed E-state index contributed by atoms with van der Waals surface area (Å²) in [5, 5.41) is 0.882. The zero-order valence-corrected chi connectivity index (χ0v) is 16.5. The Morgan fingerprint density at radius 1 is 1.30 bits per heavy atom. The molecule has 4 nitrogen and oxygen atoms in total. The van der Waals surface area contributed by atoms with Crippen molar-refractivity contribution in [2.75, 3.05) is 6.61 Å². The van der Waals surface area contributed by atoms with E-state index in [1.165, 1.54) is 6.92 Å². The topological polar surface area (TPSA) is 48.3 Å². The summed E-state index contributed by atoms with van der Waals surface area (Å²) >= 11 is 6.51. The Labute approximate surface area is 152 Å². The molecule has 0 spiro atoms. The number of hydrogen-bond donors (Lipinski definition) is 0. The summed E-state index contributed by atoms with van der Waals surface area (Å²) in [6, 6.07) is 3.60. The van der Waals surface area contributed by atoms with Gasteiger partial charge in [-0.15, -0.1) is 0 Å². The number of Topliss-reactive ketones (excluding diaryl/α,β-unsaturated/α-hetero) is 1. The van der Waals surface area contributed by atoms with Crippen molar-refractivity contribution in [3.63, 3.8) is 0 Å². The Hall–Kier alpha value is -1.14. The quantitative estimate of drug-likeness (QED) is 0.354. The van der Waals surface area contributed by atoms with Crippen molar-refractivity contribution in [3.05, 3.63) is 29.5 Å². The van der Waals surface area contributed by atoms with Gasteiger partial charge in [0.15, 0.2) is 5.78 Å². The fourth-order valence-corrected chi connectivity index (χ4v) is 2.93. The van der Waals surface area contributed by atoms with Crippen LogP contribution in [0, 0.1) is 6.92 Å². The van der Waals surface area contributed by atoms with Crippen LogP contribution in [0.3, 0.4) is 0 Å². The van der Waals surface area contributed by atoms with E-state index in [0.29, 0.717) is 17.9 Å². The van der Waals surface area contributed by atoms with Gasteiger partial charge in [-0.05, 0) is 25.0 Å². The lowest BCUT2D eigenvalue weighted by Gasteiger charge is -2.13. The molecule has 0 radical (unpaired) electrons. The van der Waals surface area contributed by atoms with Crippen molar-refractivity contribution < 1.29 is 14.3 Å². The molecular formula is C17H19Br2NO3. The Morgan fingerprint density at radius 2 is 2.00 bits per heavy atom. The van der Waals surface area contributed by atoms with Crippen LogP contribution in [-0.4, -0.2) is 26.6 Å². The molecule has 0 fully saturated rings. The predicted octanol–water partition coefficient (Wildman–Crippen LogP) is 5.09. The highest BCUT2D eigenvalue weighted by atomic mass is 79.9. The van der Waals surface area contributed by atoms with Gasteiger partial charge < -0.3 is 4.74 Å². The molecule has 1 aromatic heterocycles. The summed E-state index contributed by atoms with van der Waals surface area (Å²) in [4.78, 5) is 24.3. The minimum absolute atomic E-state index is 0.0689. The first kappa shape index (κ1) is 18.2. The summed E-state index contributed by atoms with van der Waals surface area (Å²) in [7, 11) is 0. The molecule has 0 amide bonds. The van der Waals surface area contributed by atoms with Gasteiger partial charge in [-0.3, -0.25) is 14.2 Å². The second-order valence-electron chi connectivity index (χ2n) is 5.43. The number of fused-ring (bicyclic) bond motifs is 1. The maximum atomic E-state index is 12.4. The number of ether oxygens (including phenoxy) is 1. The van der Waals surface area contributed by atoms with Crippen LogP contribution in [-0.2, 0) is 0 Å². The van der Waals surface area contributed by atoms with Crippen molar-refractivity contribution >= 4 is 54.5 Å². The van der Waals surface area contributed by atoms with Crippen LogP contribution in [0.1, 0.15) is 47.4 Å². The molecule has 0 aliphatic heterocycles. The van der Waals surface area contributed by atoms with Crippen molar-refractivity contribution in [1.29, 1.82) is 0 Å². The van der Waals surface area contributed by atoms with Crippen LogP contribution in [0.25, 0.3) is 10.9 Å². The number of carbonyl (C=O) groups is 2. The first-order chi connectivity index (χ1) is 10.9. The third kappa shape index (κ3) is 3.86. The number of carbonyl (C=O) groups excluding carboxylic acids is 2. The maximum Gasteiger partial charge on any atom is 0.227 e. The van der Waals surface area contributed by atoms with Gasteiger partial charge in [0.25, 0.3) is 0 Å². The third-order valence-electron chi connectivity index (χ3n) is 3.66. The highest BCUT2D eigenvalue weighted by Crippen LogP contribution is 2.32. The molecule has 0 aliphatic carbocycles. The van der Waals surface area contributed by atoms with Crippen molar-refractivity contribution in [3.8, 4) is 5.75 Å². The van der Waals surface area contributed by atoms with Gasteiger partial charge in [-0.1, -0.05) is 45.2 Å². The van der Waals surface area contributed by atoms with Crippen LogP contribution >= 0.6 is 31.9 Å². The molecule has 0 aliphatic rings. The highest BCUT2D eigenvalue weighted by Gasteiger charge is 2.21. The van der Waals surface area contributed by atoms with Crippen molar-refractivity contribution in [1.82, 2.24) is 4.57 Å². The van der Waals surface area contributed by atoms with E-state index in [9.17, 15) is 9.59 Å². The molecule has 23 heavy (non-hydrogen) atoms. The minimum Gasteiger partial charge on any atom is -0.493 e. The molecule has 1 aromatic carbocycles. The van der Waals surface area contributed by atoms with E-state index in [0.717, 1.165) is 29.3 Å². The van der Waals surface area contributed by atoms with Gasteiger partial charge >= 0.3 is 0 Å². The van der Waals surface area contributed by atoms with Crippen molar-refractivity contribution in [2.45, 2.75) is 37.3 Å². The van der Waals surface area contributed by atoms with Gasteiger partial charge in [0.05, 0.1) is 17.7 Å². The monoisotopic (exact) mass is 443 g/mol. The first-order valence-corrected chi connectivity index (χ1v) is 9.31. The van der Waals surface area contributed by atoms with Crippen molar-refractivity contribution in [2.24, 2.45) is 0 Å². The molecule has 0 bridgehead atoms. The average Bonchev–Trinajstić information content (AvgIpc) is 2.82. The standard InChI is InChI=1S/C17H19Br2NO3/c1-4-5-6-23-15-8-14-12(7-13(15)16(22)17(18)19)10(2)9-20(14)11(3)21/h7-9,17H,4-6H2,1-3H3. The SMILES string of the molecule is CCCCOc1cc2c(cc1C(=O)C(Br)Br)c(C)cn2C(C)=O. The van der Waals surface area contributed by atoms with E-state index in [1.807, 2.05) is 13.0 Å². The number of rotatable bonds is 6. The lowest BCUT2D eigenvalue weighted by molar-refractivity contribution is 0.0941. The molecule has 0 N–H and O–H groups in total. The number of alkyl halides is 2. The molecule has 0 atom stereocenters. The molecule has 2 aromatic rings. The normalized spacial score (nSPS) is 11.2. The summed E-state index contributed by atoms with van der Waals surface area (Å²) < 4.78 is 6.93. The molecule has 2 rings (SSSR count). The van der Waals surface area contributed by atoms with Crippen LogP contribution < -0.4 is 4.74 Å². The van der Waals surface area contributed by atoms with E-state index in [2.05, 4.69) is 38.8 Å². The lowest BCUT2D eigenvalue weighted by Crippen LogP contribution is -2.11. The van der Waals surface area contributed by atoms with Crippen LogP contribution in [0.4, 0.5) is 0 Å². The minimum atomic E-state index is -0.476. The predicted molar refractivity (Wildman–Crippen MR) is 99.4 cm³/mol. The molecular weight excluding hydrogens is 426 g/mol. The smallest absolute Gasteiger partial charge is 0.227 e. The molecule has 1 heterocycles. The number of aryl methyl sites for hydroxylation is 1. The van der Waals surface area contributed by atoms with Gasteiger partial charge in [-0.2, -0.15) is 0 Å². The summed E-state index contributed by atoms with van der Waals surface area (Å²) in [5.41, 5.74) is 2.22.